The molecule has 7 heteroatoms. The summed E-state index contributed by atoms with van der Waals surface area (Å²) in [5, 5.41) is 18.4. The zero-order valence-corrected chi connectivity index (χ0v) is 11.6. The molecule has 0 saturated carbocycles. The number of hydrogen-bond acceptors (Lipinski definition) is 4. The van der Waals surface area contributed by atoms with Gasteiger partial charge in [0, 0.05) is 31.7 Å². The summed E-state index contributed by atoms with van der Waals surface area (Å²) in [6, 6.07) is 1.73. The molecule has 0 saturated heterocycles. The van der Waals surface area contributed by atoms with Crippen LogP contribution in [0.4, 0.5) is 5.82 Å². The predicted molar refractivity (Wildman–Crippen MR) is 75.2 cm³/mol. The molecule has 0 unspecified atom stereocenters. The van der Waals surface area contributed by atoms with Crippen LogP contribution >= 0.6 is 0 Å². The first-order valence-electron chi connectivity index (χ1n) is 6.42. The molecule has 0 aliphatic carbocycles. The van der Waals surface area contributed by atoms with Crippen molar-refractivity contribution in [1.29, 1.82) is 0 Å². The van der Waals surface area contributed by atoms with E-state index in [1.54, 1.807) is 16.9 Å². The third kappa shape index (κ3) is 6.03. The second kappa shape index (κ2) is 7.98. The lowest BCUT2D eigenvalue weighted by atomic mass is 10.2. The summed E-state index contributed by atoms with van der Waals surface area (Å²) < 4.78 is 1.68. The number of carboxylic acids is 1. The molecular formula is C13H20N4O3. The predicted octanol–water partition coefficient (Wildman–Crippen LogP) is 1.20. The van der Waals surface area contributed by atoms with Gasteiger partial charge in [0.15, 0.2) is 0 Å². The molecule has 20 heavy (non-hydrogen) atoms. The number of aromatic nitrogens is 2. The van der Waals surface area contributed by atoms with Gasteiger partial charge in [-0.3, -0.25) is 9.59 Å². The standard InChI is InChI=1S/C13H20N4O3/c1-10(4-3-5-13(19)20)14-8-9-17-12(6-7-15-17)16-11(2)18/h6-7,14H,1,3-5,8-9H2,2H3,(H,16,18)(H,19,20). The largest absolute Gasteiger partial charge is 0.481 e. The maximum atomic E-state index is 11.0. The minimum atomic E-state index is -0.797. The Balaban J connectivity index is 2.26. The minimum absolute atomic E-state index is 0.141. The maximum Gasteiger partial charge on any atom is 0.303 e. The van der Waals surface area contributed by atoms with Crippen LogP contribution in [0.3, 0.4) is 0 Å². The molecule has 0 aliphatic heterocycles. The average molecular weight is 280 g/mol. The van der Waals surface area contributed by atoms with Gasteiger partial charge in [-0.1, -0.05) is 6.58 Å². The van der Waals surface area contributed by atoms with Gasteiger partial charge >= 0.3 is 5.97 Å². The van der Waals surface area contributed by atoms with Crippen LogP contribution in [0.5, 0.6) is 0 Å². The smallest absolute Gasteiger partial charge is 0.303 e. The molecule has 1 aromatic heterocycles. The summed E-state index contributed by atoms with van der Waals surface area (Å²) in [6.45, 7) is 6.48. The van der Waals surface area contributed by atoms with E-state index in [2.05, 4.69) is 22.3 Å². The van der Waals surface area contributed by atoms with Crippen molar-refractivity contribution in [2.75, 3.05) is 11.9 Å². The van der Waals surface area contributed by atoms with Crippen LogP contribution in [0, 0.1) is 0 Å². The van der Waals surface area contributed by atoms with Crippen molar-refractivity contribution in [3.8, 4) is 0 Å². The molecule has 0 spiro atoms. The van der Waals surface area contributed by atoms with Gasteiger partial charge in [0.1, 0.15) is 5.82 Å². The Hall–Kier alpha value is -2.31. The highest BCUT2D eigenvalue weighted by Gasteiger charge is 2.04. The van der Waals surface area contributed by atoms with Crippen molar-refractivity contribution >= 4 is 17.7 Å². The monoisotopic (exact) mass is 280 g/mol. The van der Waals surface area contributed by atoms with E-state index in [1.165, 1.54) is 6.92 Å². The van der Waals surface area contributed by atoms with E-state index in [0.29, 0.717) is 31.7 Å². The third-order valence-electron chi connectivity index (χ3n) is 2.59. The molecule has 110 valence electrons. The van der Waals surface area contributed by atoms with Crippen LogP contribution in [-0.2, 0) is 16.1 Å². The summed E-state index contributed by atoms with van der Waals surface area (Å²) in [5.41, 5.74) is 0.805. The zero-order valence-electron chi connectivity index (χ0n) is 11.6. The number of rotatable bonds is 9. The second-order valence-corrected chi connectivity index (χ2v) is 4.40. The molecule has 0 aromatic carbocycles. The topological polar surface area (TPSA) is 96.2 Å². The lowest BCUT2D eigenvalue weighted by Crippen LogP contribution is -2.21. The Morgan fingerprint density at radius 3 is 2.85 bits per heavy atom. The number of nitrogens with one attached hydrogen (secondary N) is 2. The lowest BCUT2D eigenvalue weighted by molar-refractivity contribution is -0.137. The fraction of sp³-hybridized carbons (Fsp3) is 0.462. The molecule has 3 N–H and O–H groups in total. The van der Waals surface area contributed by atoms with E-state index in [9.17, 15) is 9.59 Å². The number of carbonyl (C=O) groups is 2. The highest BCUT2D eigenvalue weighted by Crippen LogP contribution is 2.06. The Kier molecular flexibility index (Phi) is 6.28. The summed E-state index contributed by atoms with van der Waals surface area (Å²) >= 11 is 0. The number of allylic oxidation sites excluding steroid dienone is 1. The number of anilines is 1. The zero-order chi connectivity index (χ0) is 15.0. The average Bonchev–Trinajstić information content (AvgIpc) is 2.75. The lowest BCUT2D eigenvalue weighted by Gasteiger charge is -2.11. The van der Waals surface area contributed by atoms with E-state index < -0.39 is 5.97 Å². The first-order valence-corrected chi connectivity index (χ1v) is 6.42. The van der Waals surface area contributed by atoms with Crippen LogP contribution in [0.2, 0.25) is 0 Å². The van der Waals surface area contributed by atoms with Crippen LogP contribution in [-0.4, -0.2) is 33.3 Å². The van der Waals surface area contributed by atoms with Gasteiger partial charge in [0.05, 0.1) is 12.7 Å². The number of carboxylic acid groups (broad SMARTS) is 1. The van der Waals surface area contributed by atoms with E-state index in [-0.39, 0.29) is 12.3 Å². The Bertz CT molecular complexity index is 482. The van der Waals surface area contributed by atoms with Crippen molar-refractivity contribution in [1.82, 2.24) is 15.1 Å². The molecule has 1 heterocycles. The second-order valence-electron chi connectivity index (χ2n) is 4.40. The molecule has 0 bridgehead atoms. The molecular weight excluding hydrogens is 260 g/mol. The molecule has 7 nitrogen and oxygen atoms in total. The number of amides is 1. The molecule has 0 aliphatic rings. The third-order valence-corrected chi connectivity index (χ3v) is 2.59. The first kappa shape index (κ1) is 15.7. The number of nitrogens with zero attached hydrogens (tertiary/aromatic N) is 2. The number of carbonyl (C=O) groups excluding carboxylic acids is 1. The van der Waals surface area contributed by atoms with Gasteiger partial charge in [0.2, 0.25) is 5.91 Å². The summed E-state index contributed by atoms with van der Waals surface area (Å²) in [4.78, 5) is 21.4. The van der Waals surface area contributed by atoms with E-state index in [4.69, 9.17) is 5.11 Å². The highest BCUT2D eigenvalue weighted by molar-refractivity contribution is 5.87. The van der Waals surface area contributed by atoms with Crippen molar-refractivity contribution in [2.45, 2.75) is 32.7 Å². The Labute approximate surface area is 117 Å². The van der Waals surface area contributed by atoms with Gasteiger partial charge in [-0.25, -0.2) is 4.68 Å². The maximum absolute atomic E-state index is 11.0. The summed E-state index contributed by atoms with van der Waals surface area (Å²) in [5.74, 6) is -0.289. The van der Waals surface area contributed by atoms with E-state index in [1.807, 2.05) is 0 Å². The van der Waals surface area contributed by atoms with Crippen molar-refractivity contribution in [3.63, 3.8) is 0 Å². The number of aliphatic carboxylic acids is 1. The van der Waals surface area contributed by atoms with Crippen LogP contribution in [0.15, 0.2) is 24.5 Å². The van der Waals surface area contributed by atoms with Crippen LogP contribution in [0.25, 0.3) is 0 Å². The van der Waals surface area contributed by atoms with Crippen molar-refractivity contribution < 1.29 is 14.7 Å². The molecule has 1 amide bonds. The SMILES string of the molecule is C=C(CCCC(=O)O)NCCn1nccc1NC(C)=O. The molecule has 0 atom stereocenters. The van der Waals surface area contributed by atoms with Gasteiger partial charge in [-0.05, 0) is 12.8 Å². The Morgan fingerprint density at radius 2 is 2.20 bits per heavy atom. The van der Waals surface area contributed by atoms with Crippen molar-refractivity contribution in [3.05, 3.63) is 24.5 Å². The fourth-order valence-electron chi connectivity index (χ4n) is 1.68. The van der Waals surface area contributed by atoms with Gasteiger partial charge in [0.25, 0.3) is 0 Å². The summed E-state index contributed by atoms with van der Waals surface area (Å²) in [7, 11) is 0. The highest BCUT2D eigenvalue weighted by atomic mass is 16.4. The quantitative estimate of drug-likeness (QED) is 0.631. The van der Waals surface area contributed by atoms with E-state index in [0.717, 1.165) is 5.70 Å². The van der Waals surface area contributed by atoms with Gasteiger partial charge in [-0.15, -0.1) is 0 Å². The normalized spacial score (nSPS) is 10.1. The van der Waals surface area contributed by atoms with Gasteiger partial charge < -0.3 is 15.7 Å². The molecule has 1 rings (SSSR count). The number of hydrogen-bond donors (Lipinski definition) is 3. The summed E-state index contributed by atoms with van der Waals surface area (Å²) in [6.07, 6.45) is 2.96. The molecule has 0 fully saturated rings. The van der Waals surface area contributed by atoms with E-state index >= 15 is 0 Å². The molecule has 0 radical (unpaired) electrons. The fourth-order valence-corrected chi connectivity index (χ4v) is 1.68. The van der Waals surface area contributed by atoms with Crippen LogP contribution in [0.1, 0.15) is 26.2 Å². The first-order chi connectivity index (χ1) is 9.49. The Morgan fingerprint density at radius 1 is 1.45 bits per heavy atom. The minimum Gasteiger partial charge on any atom is -0.481 e. The van der Waals surface area contributed by atoms with Crippen molar-refractivity contribution in [2.24, 2.45) is 0 Å². The molecule has 1 aromatic rings. The van der Waals surface area contributed by atoms with Gasteiger partial charge in [-0.2, -0.15) is 5.10 Å². The van der Waals surface area contributed by atoms with Crippen LogP contribution < -0.4 is 10.6 Å².